The van der Waals surface area contributed by atoms with Crippen LogP contribution in [-0.2, 0) is 14.6 Å². The van der Waals surface area contributed by atoms with Gasteiger partial charge in [-0.2, -0.15) is 0 Å². The van der Waals surface area contributed by atoms with Crippen LogP contribution < -0.4 is 0 Å². The number of benzene rings is 2. The highest BCUT2D eigenvalue weighted by molar-refractivity contribution is 7.91. The Morgan fingerprint density at radius 1 is 1.21 bits per heavy atom. The van der Waals surface area contributed by atoms with Crippen molar-refractivity contribution in [1.29, 1.82) is 0 Å². The number of aryl methyl sites for hydroxylation is 1. The Kier molecular flexibility index (Phi) is 5.52. The minimum absolute atomic E-state index is 0.00931. The summed E-state index contributed by atoms with van der Waals surface area (Å²) >= 11 is 12.6. The first-order valence-electron chi connectivity index (χ1n) is 8.20. The van der Waals surface area contributed by atoms with Gasteiger partial charge in [0.15, 0.2) is 6.29 Å². The molecule has 0 amide bonds. The number of halogens is 2. The highest BCUT2D eigenvalue weighted by Gasteiger charge is 2.29. The van der Waals surface area contributed by atoms with Gasteiger partial charge in [0, 0.05) is 10.9 Å². The van der Waals surface area contributed by atoms with E-state index in [1.165, 1.54) is 18.2 Å². The number of esters is 1. The van der Waals surface area contributed by atoms with Crippen LogP contribution in [0.3, 0.4) is 0 Å². The van der Waals surface area contributed by atoms with Crippen LogP contribution in [0.15, 0.2) is 40.1 Å². The number of hydrogen-bond acceptors (Lipinski definition) is 5. The molecule has 3 rings (SSSR count). The lowest BCUT2D eigenvalue weighted by Gasteiger charge is -2.10. The molecule has 0 saturated carbocycles. The quantitative estimate of drug-likeness (QED) is 0.462. The summed E-state index contributed by atoms with van der Waals surface area (Å²) in [6.07, 6.45) is 0.424. The molecule has 0 atom stereocenters. The summed E-state index contributed by atoms with van der Waals surface area (Å²) in [5.41, 5.74) is 0.938. The Morgan fingerprint density at radius 3 is 2.43 bits per heavy atom. The Labute approximate surface area is 171 Å². The number of sulfone groups is 1. The molecule has 0 fully saturated rings. The molecular weight excluding hydrogens is 425 g/mol. The number of H-pyrrole nitrogens is 1. The van der Waals surface area contributed by atoms with Crippen LogP contribution >= 0.6 is 23.2 Å². The van der Waals surface area contributed by atoms with Gasteiger partial charge in [-0.15, -0.1) is 0 Å². The average molecular weight is 440 g/mol. The summed E-state index contributed by atoms with van der Waals surface area (Å²) < 4.78 is 31.2. The molecule has 0 aliphatic carbocycles. The van der Waals surface area contributed by atoms with Gasteiger partial charge < -0.3 is 9.72 Å². The van der Waals surface area contributed by atoms with E-state index in [1.54, 1.807) is 19.1 Å². The first-order valence-corrected chi connectivity index (χ1v) is 10.4. The first-order chi connectivity index (χ1) is 13.2. The Morgan fingerprint density at radius 2 is 1.86 bits per heavy atom. The lowest BCUT2D eigenvalue weighted by molar-refractivity contribution is 0.0518. The first kappa shape index (κ1) is 20.4. The largest absolute Gasteiger partial charge is 0.461 e. The smallest absolute Gasteiger partial charge is 0.355 e. The van der Waals surface area contributed by atoms with Crippen LogP contribution in [-0.4, -0.2) is 32.3 Å². The molecule has 0 radical (unpaired) electrons. The molecule has 28 heavy (non-hydrogen) atoms. The number of hydrogen-bond donors (Lipinski definition) is 1. The van der Waals surface area contributed by atoms with Crippen molar-refractivity contribution < 1.29 is 22.7 Å². The maximum Gasteiger partial charge on any atom is 0.355 e. The van der Waals surface area contributed by atoms with Crippen molar-refractivity contribution in [2.24, 2.45) is 0 Å². The molecule has 0 aliphatic heterocycles. The SMILES string of the molecule is CCOC(=O)c1[nH]c2cc(Cl)c(S(=O)(=O)c3ccc(C)cc3)c(Cl)c2c1C=O. The van der Waals surface area contributed by atoms with Gasteiger partial charge in [0.2, 0.25) is 9.84 Å². The molecule has 6 nitrogen and oxygen atoms in total. The molecule has 0 saturated heterocycles. The van der Waals surface area contributed by atoms with Gasteiger partial charge in [-0.1, -0.05) is 40.9 Å². The summed E-state index contributed by atoms with van der Waals surface area (Å²) in [4.78, 5) is 26.2. The monoisotopic (exact) mass is 439 g/mol. The molecule has 2 aromatic carbocycles. The van der Waals surface area contributed by atoms with E-state index in [-0.39, 0.29) is 48.6 Å². The summed E-state index contributed by atoms with van der Waals surface area (Å²) in [6.45, 7) is 3.56. The zero-order chi connectivity index (χ0) is 20.6. The van der Waals surface area contributed by atoms with Gasteiger partial charge in [-0.05, 0) is 32.0 Å². The maximum absolute atomic E-state index is 13.1. The molecule has 1 N–H and O–H groups in total. The minimum Gasteiger partial charge on any atom is -0.461 e. The van der Waals surface area contributed by atoms with Gasteiger partial charge in [0.25, 0.3) is 0 Å². The third-order valence-corrected chi connectivity index (χ3v) is 6.93. The number of carbonyl (C=O) groups excluding carboxylic acids is 2. The average Bonchev–Trinajstić information content (AvgIpc) is 3.00. The van der Waals surface area contributed by atoms with Crippen LogP contribution in [0.5, 0.6) is 0 Å². The van der Waals surface area contributed by atoms with E-state index in [2.05, 4.69) is 4.98 Å². The molecule has 0 aliphatic rings. The summed E-state index contributed by atoms with van der Waals surface area (Å²) in [5, 5.41) is -0.279. The third kappa shape index (κ3) is 3.30. The second-order valence-electron chi connectivity index (χ2n) is 5.99. The molecule has 0 unspecified atom stereocenters. The standard InChI is InChI=1S/C19H15Cl2NO5S/c1-3-27-19(24)17-12(9-23)15-14(22-17)8-13(20)18(16(15)21)28(25,26)11-6-4-10(2)5-7-11/h4-9,22H,3H2,1-2H3. The fourth-order valence-corrected chi connectivity index (χ4v) is 5.40. The molecule has 1 aromatic heterocycles. The fourth-order valence-electron chi connectivity index (χ4n) is 2.85. The number of fused-ring (bicyclic) bond motifs is 1. The molecule has 0 bridgehead atoms. The van der Waals surface area contributed by atoms with Crippen LogP contribution in [0.25, 0.3) is 10.9 Å². The minimum atomic E-state index is -4.06. The third-order valence-electron chi connectivity index (χ3n) is 4.17. The molecular formula is C19H15Cl2NO5S. The van der Waals surface area contributed by atoms with Gasteiger partial charge in [-0.3, -0.25) is 4.79 Å². The zero-order valence-corrected chi connectivity index (χ0v) is 17.2. The zero-order valence-electron chi connectivity index (χ0n) is 14.9. The number of aromatic nitrogens is 1. The van der Waals surface area contributed by atoms with Crippen LogP contribution in [0, 0.1) is 6.92 Å². The van der Waals surface area contributed by atoms with Gasteiger partial charge >= 0.3 is 5.97 Å². The maximum atomic E-state index is 13.1. The number of rotatable bonds is 5. The highest BCUT2D eigenvalue weighted by Crippen LogP contribution is 2.41. The molecule has 9 heteroatoms. The highest BCUT2D eigenvalue weighted by atomic mass is 35.5. The van der Waals surface area contributed by atoms with Crippen molar-refractivity contribution in [3.05, 3.63) is 57.2 Å². The van der Waals surface area contributed by atoms with Crippen molar-refractivity contribution in [3.8, 4) is 0 Å². The van der Waals surface area contributed by atoms with Crippen LogP contribution in [0.2, 0.25) is 10.0 Å². The number of aromatic amines is 1. The fraction of sp³-hybridized carbons (Fsp3) is 0.158. The van der Waals surface area contributed by atoms with Crippen molar-refractivity contribution in [2.45, 2.75) is 23.6 Å². The molecule has 146 valence electrons. The van der Waals surface area contributed by atoms with E-state index >= 15 is 0 Å². The summed E-state index contributed by atoms with van der Waals surface area (Å²) in [6, 6.07) is 7.52. The van der Waals surface area contributed by atoms with Crippen LogP contribution in [0.4, 0.5) is 0 Å². The van der Waals surface area contributed by atoms with E-state index in [9.17, 15) is 18.0 Å². The van der Waals surface area contributed by atoms with Crippen molar-refractivity contribution in [2.75, 3.05) is 6.61 Å². The van der Waals surface area contributed by atoms with Crippen molar-refractivity contribution in [3.63, 3.8) is 0 Å². The lowest BCUT2D eigenvalue weighted by Crippen LogP contribution is -2.07. The van der Waals surface area contributed by atoms with E-state index in [1.807, 2.05) is 6.92 Å². The second kappa shape index (κ2) is 7.58. The molecule has 0 spiro atoms. The topological polar surface area (TPSA) is 93.3 Å². The van der Waals surface area contributed by atoms with Crippen molar-refractivity contribution >= 4 is 56.2 Å². The van der Waals surface area contributed by atoms with Crippen LogP contribution in [0.1, 0.15) is 33.3 Å². The van der Waals surface area contributed by atoms with E-state index < -0.39 is 15.8 Å². The lowest BCUT2D eigenvalue weighted by atomic mass is 10.1. The van der Waals surface area contributed by atoms with E-state index in [0.717, 1.165) is 5.56 Å². The second-order valence-corrected chi connectivity index (χ2v) is 8.66. The number of nitrogens with one attached hydrogen (secondary N) is 1. The predicted octanol–water partition coefficient (Wildman–Crippen LogP) is 4.61. The Balaban J connectivity index is 2.32. The number of aldehydes is 1. The summed E-state index contributed by atoms with van der Waals surface area (Å²) in [5.74, 6) is -0.754. The van der Waals surface area contributed by atoms with E-state index in [0.29, 0.717) is 6.29 Å². The van der Waals surface area contributed by atoms with Crippen molar-refractivity contribution in [1.82, 2.24) is 4.98 Å². The van der Waals surface area contributed by atoms with Gasteiger partial charge in [0.05, 0.1) is 27.1 Å². The molecule has 3 aromatic rings. The van der Waals surface area contributed by atoms with E-state index in [4.69, 9.17) is 27.9 Å². The van der Waals surface area contributed by atoms with Gasteiger partial charge in [0.1, 0.15) is 10.6 Å². The summed E-state index contributed by atoms with van der Waals surface area (Å²) in [7, 11) is -4.06. The van der Waals surface area contributed by atoms with Gasteiger partial charge in [-0.25, -0.2) is 13.2 Å². The predicted molar refractivity (Wildman–Crippen MR) is 106 cm³/mol. The normalized spacial score (nSPS) is 11.6. The Bertz CT molecular complexity index is 1200. The Hall–Kier alpha value is -2.35. The molecule has 1 heterocycles. The number of ether oxygens (including phenoxy) is 1. The number of carbonyl (C=O) groups is 2.